The lowest BCUT2D eigenvalue weighted by atomic mass is 9.95. The number of rotatable bonds is 4. The van der Waals surface area contributed by atoms with Crippen LogP contribution < -0.4 is 5.32 Å². The third kappa shape index (κ3) is 4.19. The first-order valence-corrected chi connectivity index (χ1v) is 10.7. The van der Waals surface area contributed by atoms with Gasteiger partial charge in [-0.25, -0.2) is 4.98 Å². The topological polar surface area (TPSA) is 46.9 Å². The number of nitrogens with zero attached hydrogens (tertiary/aromatic N) is 2. The van der Waals surface area contributed by atoms with Crippen molar-refractivity contribution < 1.29 is 4.79 Å². The minimum atomic E-state index is -0.129. The van der Waals surface area contributed by atoms with E-state index in [9.17, 15) is 4.79 Å². The second-order valence-electron chi connectivity index (χ2n) is 7.47. The van der Waals surface area contributed by atoms with Gasteiger partial charge in [0.2, 0.25) is 0 Å². The summed E-state index contributed by atoms with van der Waals surface area (Å²) in [7, 11) is 0. The first-order valence-electron chi connectivity index (χ1n) is 9.95. The van der Waals surface area contributed by atoms with Crippen molar-refractivity contribution in [3.8, 4) is 17.1 Å². The number of nitrogens with one attached hydrogen (secondary N) is 1. The molecule has 1 amide bonds. The van der Waals surface area contributed by atoms with Gasteiger partial charge in [-0.05, 0) is 50.1 Å². The molecule has 0 spiro atoms. The minimum Gasteiger partial charge on any atom is -0.348 e. The van der Waals surface area contributed by atoms with Crippen LogP contribution in [0.15, 0.2) is 48.5 Å². The highest BCUT2D eigenvalue weighted by molar-refractivity contribution is 6.36. The first-order chi connectivity index (χ1) is 14.0. The number of para-hydroxylation sites is 1. The molecular weight excluding hydrogens is 405 g/mol. The Hall–Kier alpha value is -2.30. The van der Waals surface area contributed by atoms with Crippen molar-refractivity contribution in [3.63, 3.8) is 0 Å². The average molecular weight is 428 g/mol. The molecule has 0 unspecified atom stereocenters. The Morgan fingerprint density at radius 3 is 2.48 bits per heavy atom. The van der Waals surface area contributed by atoms with Gasteiger partial charge in [0.05, 0.1) is 10.7 Å². The van der Waals surface area contributed by atoms with E-state index in [2.05, 4.69) is 5.32 Å². The molecule has 0 atom stereocenters. The molecule has 1 aliphatic carbocycles. The van der Waals surface area contributed by atoms with Crippen LogP contribution in [0.1, 0.15) is 48.3 Å². The fraction of sp³-hybridized carbons (Fsp3) is 0.304. The number of amides is 1. The molecule has 4 rings (SSSR count). The largest absolute Gasteiger partial charge is 0.348 e. The van der Waals surface area contributed by atoms with Crippen molar-refractivity contribution in [1.29, 1.82) is 0 Å². The third-order valence-electron chi connectivity index (χ3n) is 5.45. The first kappa shape index (κ1) is 20.0. The van der Waals surface area contributed by atoms with E-state index in [1.54, 1.807) is 12.1 Å². The average Bonchev–Trinajstić information content (AvgIpc) is 3.06. The molecule has 1 aromatic heterocycles. The minimum absolute atomic E-state index is 0.129. The Balaban J connectivity index is 1.79. The standard InChI is InChI=1S/C23H23Cl2N3O/c1-15-21(23(29)26-17-8-4-2-5-9-17)27-22(19-13-12-16(24)14-20(19)25)28(15)18-10-6-3-7-11-18/h3,6-7,10-14,17H,2,4-5,8-9H2,1H3,(H,26,29). The number of hydrogen-bond acceptors (Lipinski definition) is 2. The lowest BCUT2D eigenvalue weighted by molar-refractivity contribution is 0.0922. The van der Waals surface area contributed by atoms with E-state index in [1.165, 1.54) is 6.42 Å². The maximum absolute atomic E-state index is 13.1. The molecule has 1 saturated carbocycles. The summed E-state index contributed by atoms with van der Waals surface area (Å²) in [5.74, 6) is 0.500. The zero-order valence-corrected chi connectivity index (χ0v) is 17.8. The number of benzene rings is 2. The Kier molecular flexibility index (Phi) is 5.93. The van der Waals surface area contributed by atoms with Gasteiger partial charge < -0.3 is 5.32 Å². The van der Waals surface area contributed by atoms with Crippen LogP contribution in [0.2, 0.25) is 10.0 Å². The molecule has 3 aromatic rings. The highest BCUT2D eigenvalue weighted by atomic mass is 35.5. The van der Waals surface area contributed by atoms with Gasteiger partial charge in [-0.1, -0.05) is 60.7 Å². The van der Waals surface area contributed by atoms with E-state index in [-0.39, 0.29) is 11.9 Å². The van der Waals surface area contributed by atoms with Gasteiger partial charge in [-0.2, -0.15) is 0 Å². The van der Waals surface area contributed by atoms with Crippen LogP contribution in [0, 0.1) is 6.92 Å². The maximum atomic E-state index is 13.1. The van der Waals surface area contributed by atoms with Crippen molar-refractivity contribution in [2.75, 3.05) is 0 Å². The van der Waals surface area contributed by atoms with E-state index < -0.39 is 0 Å². The summed E-state index contributed by atoms with van der Waals surface area (Å²) in [4.78, 5) is 17.8. The molecule has 2 aromatic carbocycles. The second kappa shape index (κ2) is 8.60. The van der Waals surface area contributed by atoms with Crippen molar-refractivity contribution >= 4 is 29.1 Å². The van der Waals surface area contributed by atoms with Crippen molar-refractivity contribution in [1.82, 2.24) is 14.9 Å². The fourth-order valence-corrected chi connectivity index (χ4v) is 4.45. The second-order valence-corrected chi connectivity index (χ2v) is 8.32. The molecule has 0 aliphatic heterocycles. The molecule has 150 valence electrons. The SMILES string of the molecule is Cc1c(C(=O)NC2CCCCC2)nc(-c2ccc(Cl)cc2Cl)n1-c1ccccc1. The monoisotopic (exact) mass is 427 g/mol. The van der Waals surface area contributed by atoms with E-state index in [0.29, 0.717) is 21.6 Å². The fourth-order valence-electron chi connectivity index (χ4n) is 3.96. The molecule has 0 bridgehead atoms. The van der Waals surface area contributed by atoms with Gasteiger partial charge in [0, 0.05) is 22.3 Å². The number of hydrogen-bond donors (Lipinski definition) is 1. The predicted octanol–water partition coefficient (Wildman–Crippen LogP) is 6.22. The number of aromatic nitrogens is 2. The van der Waals surface area contributed by atoms with Crippen LogP contribution in [0.5, 0.6) is 0 Å². The smallest absolute Gasteiger partial charge is 0.272 e. The Bertz CT molecular complexity index is 1020. The summed E-state index contributed by atoms with van der Waals surface area (Å²) in [5.41, 5.74) is 2.88. The van der Waals surface area contributed by atoms with E-state index in [0.717, 1.165) is 42.6 Å². The molecule has 1 heterocycles. The number of carbonyl (C=O) groups excluding carboxylic acids is 1. The van der Waals surface area contributed by atoms with E-state index >= 15 is 0 Å². The van der Waals surface area contributed by atoms with Crippen LogP contribution in [0.3, 0.4) is 0 Å². The van der Waals surface area contributed by atoms with Gasteiger partial charge in [-0.15, -0.1) is 0 Å². The third-order valence-corrected chi connectivity index (χ3v) is 6.00. The normalized spacial score (nSPS) is 14.7. The molecule has 29 heavy (non-hydrogen) atoms. The van der Waals surface area contributed by atoms with Crippen molar-refractivity contribution in [2.24, 2.45) is 0 Å². The number of halogens is 2. The molecule has 1 N–H and O–H groups in total. The summed E-state index contributed by atoms with van der Waals surface area (Å²) in [6.07, 6.45) is 5.62. The summed E-state index contributed by atoms with van der Waals surface area (Å²) in [6, 6.07) is 15.4. The molecular formula is C23H23Cl2N3O. The summed E-state index contributed by atoms with van der Waals surface area (Å²) in [5, 5.41) is 4.23. The van der Waals surface area contributed by atoms with Crippen molar-refractivity contribution in [3.05, 3.63) is 70.0 Å². The Morgan fingerprint density at radius 1 is 1.07 bits per heavy atom. The number of imidazole rings is 1. The quantitative estimate of drug-likeness (QED) is 0.537. The Morgan fingerprint density at radius 2 is 1.79 bits per heavy atom. The lowest BCUT2D eigenvalue weighted by Gasteiger charge is -2.22. The van der Waals surface area contributed by atoms with E-state index in [4.69, 9.17) is 28.2 Å². The summed E-state index contributed by atoms with van der Waals surface area (Å²) in [6.45, 7) is 1.92. The van der Waals surface area contributed by atoms with Gasteiger partial charge in [0.1, 0.15) is 11.5 Å². The summed E-state index contributed by atoms with van der Waals surface area (Å²) >= 11 is 12.6. The predicted molar refractivity (Wildman–Crippen MR) is 118 cm³/mol. The maximum Gasteiger partial charge on any atom is 0.272 e. The summed E-state index contributed by atoms with van der Waals surface area (Å²) < 4.78 is 1.98. The van der Waals surface area contributed by atoms with Crippen LogP contribution in [0.4, 0.5) is 0 Å². The molecule has 6 heteroatoms. The lowest BCUT2D eigenvalue weighted by Crippen LogP contribution is -2.36. The van der Waals surface area contributed by atoms with Gasteiger partial charge in [-0.3, -0.25) is 9.36 Å². The molecule has 0 saturated heterocycles. The van der Waals surface area contributed by atoms with Crippen LogP contribution >= 0.6 is 23.2 Å². The highest BCUT2D eigenvalue weighted by Gasteiger charge is 2.25. The zero-order valence-electron chi connectivity index (χ0n) is 16.3. The Labute approximate surface area is 180 Å². The van der Waals surface area contributed by atoms with Gasteiger partial charge >= 0.3 is 0 Å². The van der Waals surface area contributed by atoms with Gasteiger partial charge in [0.25, 0.3) is 5.91 Å². The number of carbonyl (C=O) groups is 1. The zero-order chi connectivity index (χ0) is 20.4. The van der Waals surface area contributed by atoms with Crippen LogP contribution in [0.25, 0.3) is 17.1 Å². The van der Waals surface area contributed by atoms with Crippen LogP contribution in [-0.4, -0.2) is 21.5 Å². The highest BCUT2D eigenvalue weighted by Crippen LogP contribution is 2.33. The molecule has 0 radical (unpaired) electrons. The van der Waals surface area contributed by atoms with E-state index in [1.807, 2.05) is 47.9 Å². The van der Waals surface area contributed by atoms with Crippen LogP contribution in [-0.2, 0) is 0 Å². The van der Waals surface area contributed by atoms with Crippen molar-refractivity contribution in [2.45, 2.75) is 45.1 Å². The molecule has 4 nitrogen and oxygen atoms in total. The van der Waals surface area contributed by atoms with Gasteiger partial charge in [0.15, 0.2) is 0 Å². The molecule has 1 fully saturated rings. The molecule has 1 aliphatic rings.